The van der Waals surface area contributed by atoms with Crippen LogP contribution in [0.2, 0.25) is 0 Å². The van der Waals surface area contributed by atoms with Gasteiger partial charge in [0.05, 0.1) is 17.9 Å². The number of carbonyl (C=O) groups excluding carboxylic acids is 2. The predicted molar refractivity (Wildman–Crippen MR) is 108 cm³/mol. The molecule has 0 atom stereocenters. The van der Waals surface area contributed by atoms with Crippen LogP contribution in [0, 0.1) is 20.8 Å². The van der Waals surface area contributed by atoms with Crippen molar-refractivity contribution >= 4 is 11.6 Å². The molecular formula is C22H25N3O3. The minimum atomic E-state index is -0.0510. The van der Waals surface area contributed by atoms with E-state index in [1.54, 1.807) is 13.1 Å². The molecule has 2 aromatic heterocycles. The lowest BCUT2D eigenvalue weighted by atomic mass is 10.1. The fourth-order valence-corrected chi connectivity index (χ4v) is 3.48. The van der Waals surface area contributed by atoms with E-state index in [0.717, 1.165) is 22.8 Å². The highest BCUT2D eigenvalue weighted by atomic mass is 16.5. The Hall–Kier alpha value is -3.15. The van der Waals surface area contributed by atoms with Gasteiger partial charge in [0.15, 0.2) is 11.6 Å². The smallest absolute Gasteiger partial charge is 0.186 e. The molecule has 0 saturated heterocycles. The van der Waals surface area contributed by atoms with Crippen molar-refractivity contribution in [3.05, 3.63) is 64.7 Å². The molecule has 0 unspecified atom stereocenters. The minimum Gasteiger partial charge on any atom is -0.494 e. The van der Waals surface area contributed by atoms with Crippen LogP contribution in [-0.2, 0) is 6.54 Å². The highest BCUT2D eigenvalue weighted by Crippen LogP contribution is 2.23. The summed E-state index contributed by atoms with van der Waals surface area (Å²) in [5, 5.41) is 4.30. The summed E-state index contributed by atoms with van der Waals surface area (Å²) in [6.45, 7) is 9.86. The number of aryl methyl sites for hydroxylation is 2. The third-order valence-corrected chi connectivity index (χ3v) is 4.77. The van der Waals surface area contributed by atoms with Gasteiger partial charge < -0.3 is 9.30 Å². The summed E-state index contributed by atoms with van der Waals surface area (Å²) in [4.78, 5) is 24.5. The Bertz CT molecular complexity index is 1030. The highest BCUT2D eigenvalue weighted by molar-refractivity contribution is 5.98. The second kappa shape index (κ2) is 7.84. The van der Waals surface area contributed by atoms with Gasteiger partial charge in [0, 0.05) is 28.8 Å². The predicted octanol–water partition coefficient (Wildman–Crippen LogP) is 4.08. The molecule has 0 fully saturated rings. The zero-order valence-electron chi connectivity index (χ0n) is 16.9. The van der Waals surface area contributed by atoms with Gasteiger partial charge >= 0.3 is 0 Å². The summed E-state index contributed by atoms with van der Waals surface area (Å²) in [5.41, 5.74) is 4.68. The first-order chi connectivity index (χ1) is 13.3. The number of hydrogen-bond donors (Lipinski definition) is 0. The fraction of sp³-hybridized carbons (Fsp3) is 0.318. The molecule has 28 heavy (non-hydrogen) atoms. The van der Waals surface area contributed by atoms with Crippen molar-refractivity contribution in [2.24, 2.45) is 0 Å². The van der Waals surface area contributed by atoms with Gasteiger partial charge in [-0.15, -0.1) is 0 Å². The van der Waals surface area contributed by atoms with Crippen LogP contribution in [0.1, 0.15) is 51.6 Å². The zero-order valence-corrected chi connectivity index (χ0v) is 16.9. The van der Waals surface area contributed by atoms with Gasteiger partial charge in [-0.25, -0.2) is 0 Å². The van der Waals surface area contributed by atoms with E-state index >= 15 is 0 Å². The van der Waals surface area contributed by atoms with Crippen molar-refractivity contribution in [2.45, 2.75) is 41.2 Å². The minimum absolute atomic E-state index is 0.0390. The Kier molecular flexibility index (Phi) is 5.49. The Labute approximate surface area is 164 Å². The number of ether oxygens (including phenoxy) is 1. The van der Waals surface area contributed by atoms with E-state index in [1.807, 2.05) is 51.1 Å². The number of aromatic nitrogens is 3. The van der Waals surface area contributed by atoms with Crippen molar-refractivity contribution in [2.75, 3.05) is 6.61 Å². The summed E-state index contributed by atoms with van der Waals surface area (Å²) in [5.74, 6) is 0.730. The summed E-state index contributed by atoms with van der Waals surface area (Å²) < 4.78 is 9.09. The Morgan fingerprint density at radius 3 is 2.32 bits per heavy atom. The lowest BCUT2D eigenvalue weighted by Gasteiger charge is -2.11. The van der Waals surface area contributed by atoms with E-state index in [4.69, 9.17) is 4.74 Å². The van der Waals surface area contributed by atoms with Crippen LogP contribution < -0.4 is 4.74 Å². The number of nitrogens with zero attached hydrogens (tertiary/aromatic N) is 3. The Balaban J connectivity index is 1.87. The molecule has 3 rings (SSSR count). The average Bonchev–Trinajstić information content (AvgIpc) is 3.15. The highest BCUT2D eigenvalue weighted by Gasteiger charge is 2.18. The molecule has 0 spiro atoms. The molecule has 0 aliphatic carbocycles. The molecular weight excluding hydrogens is 354 g/mol. The molecule has 0 bridgehead atoms. The van der Waals surface area contributed by atoms with E-state index in [2.05, 4.69) is 9.67 Å². The van der Waals surface area contributed by atoms with Crippen LogP contribution in [0.15, 0.2) is 36.5 Å². The van der Waals surface area contributed by atoms with Crippen LogP contribution in [0.5, 0.6) is 5.75 Å². The van der Waals surface area contributed by atoms with Crippen molar-refractivity contribution < 1.29 is 14.3 Å². The first-order valence-corrected chi connectivity index (χ1v) is 9.32. The SMILES string of the molecule is CCOc1ccc(-n2c(C)cc(C(=O)Cn3cc(C(C)=O)c(C)n3)c2C)cc1. The van der Waals surface area contributed by atoms with Gasteiger partial charge in [-0.05, 0) is 65.0 Å². The van der Waals surface area contributed by atoms with E-state index in [-0.39, 0.29) is 18.1 Å². The molecule has 2 heterocycles. The third kappa shape index (κ3) is 3.76. The van der Waals surface area contributed by atoms with Gasteiger partial charge in [-0.3, -0.25) is 14.3 Å². The Morgan fingerprint density at radius 1 is 1.07 bits per heavy atom. The molecule has 6 nitrogen and oxygen atoms in total. The molecule has 0 saturated carbocycles. The summed E-state index contributed by atoms with van der Waals surface area (Å²) in [6, 6.07) is 9.71. The van der Waals surface area contributed by atoms with Gasteiger partial charge in [0.25, 0.3) is 0 Å². The number of ketones is 2. The number of rotatable bonds is 7. The monoisotopic (exact) mass is 379 g/mol. The van der Waals surface area contributed by atoms with Crippen LogP contribution in [0.25, 0.3) is 5.69 Å². The molecule has 146 valence electrons. The maximum atomic E-state index is 12.9. The van der Waals surface area contributed by atoms with Crippen molar-refractivity contribution in [1.29, 1.82) is 0 Å². The van der Waals surface area contributed by atoms with Crippen LogP contribution in [0.4, 0.5) is 0 Å². The summed E-state index contributed by atoms with van der Waals surface area (Å²) >= 11 is 0. The van der Waals surface area contributed by atoms with Crippen LogP contribution in [-0.4, -0.2) is 32.5 Å². The third-order valence-electron chi connectivity index (χ3n) is 4.77. The molecule has 0 radical (unpaired) electrons. The number of benzene rings is 1. The molecule has 0 aliphatic rings. The van der Waals surface area contributed by atoms with Gasteiger partial charge in [0.2, 0.25) is 0 Å². The maximum Gasteiger partial charge on any atom is 0.186 e. The second-order valence-corrected chi connectivity index (χ2v) is 6.85. The van der Waals surface area contributed by atoms with Crippen LogP contribution in [0.3, 0.4) is 0 Å². The first kappa shape index (κ1) is 19.6. The van der Waals surface area contributed by atoms with Gasteiger partial charge in [0.1, 0.15) is 12.3 Å². The number of carbonyl (C=O) groups is 2. The molecule has 1 aromatic carbocycles. The van der Waals surface area contributed by atoms with Crippen molar-refractivity contribution in [3.8, 4) is 11.4 Å². The fourth-order valence-electron chi connectivity index (χ4n) is 3.48. The van der Waals surface area contributed by atoms with Gasteiger partial charge in [-0.2, -0.15) is 5.10 Å². The molecule has 3 aromatic rings. The number of Topliss-reactive ketones (excluding diaryl/α,β-unsaturated/α-hetero) is 2. The summed E-state index contributed by atoms with van der Waals surface area (Å²) in [7, 11) is 0. The Morgan fingerprint density at radius 2 is 1.75 bits per heavy atom. The first-order valence-electron chi connectivity index (χ1n) is 9.32. The average molecular weight is 379 g/mol. The van der Waals surface area contributed by atoms with E-state index in [9.17, 15) is 9.59 Å². The van der Waals surface area contributed by atoms with Gasteiger partial charge in [-0.1, -0.05) is 0 Å². The molecule has 0 amide bonds. The van der Waals surface area contributed by atoms with E-state index in [1.165, 1.54) is 11.6 Å². The lowest BCUT2D eigenvalue weighted by molar-refractivity contribution is 0.0964. The largest absolute Gasteiger partial charge is 0.494 e. The molecule has 0 aliphatic heterocycles. The topological polar surface area (TPSA) is 66.1 Å². The number of hydrogen-bond acceptors (Lipinski definition) is 4. The molecule has 6 heteroatoms. The zero-order chi connectivity index (χ0) is 20.4. The van der Waals surface area contributed by atoms with Crippen LogP contribution >= 0.6 is 0 Å². The normalized spacial score (nSPS) is 10.9. The van der Waals surface area contributed by atoms with E-state index < -0.39 is 0 Å². The standard InChI is InChI=1S/C22H25N3O3/c1-6-28-19-9-7-18(8-10-19)25-14(2)11-20(16(25)4)22(27)13-24-12-21(17(5)26)15(3)23-24/h7-12H,6,13H2,1-5H3. The molecule has 0 N–H and O–H groups in total. The quantitative estimate of drug-likeness (QED) is 0.580. The van der Waals surface area contributed by atoms with E-state index in [0.29, 0.717) is 23.4 Å². The van der Waals surface area contributed by atoms with Crippen molar-refractivity contribution in [3.63, 3.8) is 0 Å². The van der Waals surface area contributed by atoms with Crippen molar-refractivity contribution in [1.82, 2.24) is 14.3 Å². The maximum absolute atomic E-state index is 12.9. The summed E-state index contributed by atoms with van der Waals surface area (Å²) in [6.07, 6.45) is 1.64. The second-order valence-electron chi connectivity index (χ2n) is 6.85. The lowest BCUT2D eigenvalue weighted by Crippen LogP contribution is -2.12.